The Morgan fingerprint density at radius 2 is 1.97 bits per heavy atom. The summed E-state index contributed by atoms with van der Waals surface area (Å²) in [6, 6.07) is 13.0. The van der Waals surface area contributed by atoms with E-state index in [0.29, 0.717) is 30.0 Å². The lowest BCUT2D eigenvalue weighted by atomic mass is 9.85. The van der Waals surface area contributed by atoms with Crippen LogP contribution in [0.4, 0.5) is 15.8 Å². The van der Waals surface area contributed by atoms with Crippen molar-refractivity contribution in [1.29, 1.82) is 10.5 Å². The zero-order valence-corrected chi connectivity index (χ0v) is 18.1. The average molecular weight is 454 g/mol. The number of nitrogens with zero attached hydrogens (tertiary/aromatic N) is 4. The monoisotopic (exact) mass is 453 g/mol. The number of hydrogen-bond acceptors (Lipinski definition) is 6. The number of benzene rings is 2. The molecule has 1 amide bonds. The quantitative estimate of drug-likeness (QED) is 0.721. The lowest BCUT2D eigenvalue weighted by Gasteiger charge is -2.58. The van der Waals surface area contributed by atoms with E-state index >= 15 is 0 Å². The maximum atomic E-state index is 14.4. The van der Waals surface area contributed by atoms with Crippen LogP contribution in [0.15, 0.2) is 36.4 Å². The van der Waals surface area contributed by atoms with Crippen molar-refractivity contribution in [2.24, 2.45) is 0 Å². The van der Waals surface area contributed by atoms with Gasteiger partial charge in [-0.25, -0.2) is 4.39 Å². The van der Waals surface area contributed by atoms with Gasteiger partial charge in [0.05, 0.1) is 27.9 Å². The van der Waals surface area contributed by atoms with Crippen LogP contribution in [0.5, 0.6) is 0 Å². The van der Waals surface area contributed by atoms with Crippen molar-refractivity contribution in [2.45, 2.75) is 31.0 Å². The maximum Gasteiger partial charge on any atom is 0.257 e. The Labute approximate surface area is 190 Å². The number of carbonyl (C=O) groups is 1. The van der Waals surface area contributed by atoms with E-state index in [1.807, 2.05) is 21.9 Å². The molecule has 9 heteroatoms. The van der Waals surface area contributed by atoms with E-state index in [0.717, 1.165) is 6.42 Å². The van der Waals surface area contributed by atoms with E-state index in [2.05, 4.69) is 5.32 Å². The molecule has 0 aliphatic carbocycles. The minimum Gasteiger partial charge on any atom is -0.379 e. The van der Waals surface area contributed by atoms with Crippen molar-refractivity contribution >= 4 is 28.9 Å². The summed E-state index contributed by atoms with van der Waals surface area (Å²) in [6.07, 6.45) is 0.911. The van der Waals surface area contributed by atoms with Gasteiger partial charge < -0.3 is 15.3 Å². The van der Waals surface area contributed by atoms with E-state index in [9.17, 15) is 14.3 Å². The van der Waals surface area contributed by atoms with Crippen LogP contribution in [0.1, 0.15) is 24.5 Å². The number of fused-ring (bicyclic) bond motifs is 2. The first-order valence-electron chi connectivity index (χ1n) is 10.2. The van der Waals surface area contributed by atoms with E-state index in [4.69, 9.17) is 22.1 Å². The van der Waals surface area contributed by atoms with Gasteiger partial charge in [0.15, 0.2) is 5.60 Å². The van der Waals surface area contributed by atoms with E-state index in [1.54, 1.807) is 18.2 Å². The number of piperazine rings is 1. The van der Waals surface area contributed by atoms with Crippen LogP contribution in [-0.4, -0.2) is 53.2 Å². The van der Waals surface area contributed by atoms with Crippen LogP contribution >= 0.6 is 11.6 Å². The molecule has 0 aromatic heterocycles. The summed E-state index contributed by atoms with van der Waals surface area (Å²) >= 11 is 6.00. The molecule has 3 heterocycles. The predicted octanol–water partition coefficient (Wildman–Crippen LogP) is 2.88. The summed E-state index contributed by atoms with van der Waals surface area (Å²) in [5.74, 6) is -0.993. The van der Waals surface area contributed by atoms with Crippen molar-refractivity contribution in [2.75, 3.05) is 29.9 Å². The lowest BCUT2D eigenvalue weighted by Crippen LogP contribution is -2.70. The van der Waals surface area contributed by atoms with Gasteiger partial charge in [-0.3, -0.25) is 9.69 Å². The Kier molecular flexibility index (Phi) is 5.79. The van der Waals surface area contributed by atoms with Crippen LogP contribution in [0.25, 0.3) is 0 Å². The van der Waals surface area contributed by atoms with Crippen molar-refractivity contribution in [3.63, 3.8) is 0 Å². The van der Waals surface area contributed by atoms with E-state index in [-0.39, 0.29) is 29.2 Å². The fraction of sp³-hybridized carbons (Fsp3) is 0.348. The number of aliphatic hydroxyl groups is 1. The van der Waals surface area contributed by atoms with Crippen molar-refractivity contribution < 1.29 is 14.3 Å². The van der Waals surface area contributed by atoms with Crippen molar-refractivity contribution in [3.8, 4) is 12.1 Å². The van der Waals surface area contributed by atoms with Crippen LogP contribution in [0, 0.1) is 28.5 Å². The third kappa shape index (κ3) is 4.13. The normalized spacial score (nSPS) is 21.6. The number of halogens is 2. The molecule has 5 rings (SSSR count). The number of amides is 1. The Hall–Kier alpha value is -3.17. The first-order valence-corrected chi connectivity index (χ1v) is 10.5. The van der Waals surface area contributed by atoms with Crippen LogP contribution in [0.2, 0.25) is 5.02 Å². The lowest BCUT2D eigenvalue weighted by molar-refractivity contribution is -0.135. The van der Waals surface area contributed by atoms with Gasteiger partial charge in [0.25, 0.3) is 5.91 Å². The molecule has 32 heavy (non-hydrogen) atoms. The first kappa shape index (κ1) is 22.0. The summed E-state index contributed by atoms with van der Waals surface area (Å²) in [6.45, 7) is 2.75. The molecule has 3 saturated heterocycles. The zero-order valence-electron chi connectivity index (χ0n) is 17.3. The highest BCUT2D eigenvalue weighted by Crippen LogP contribution is 2.38. The second-order valence-corrected chi connectivity index (χ2v) is 8.86. The number of nitriles is 2. The first-order chi connectivity index (χ1) is 15.2. The molecule has 7 nitrogen and oxygen atoms in total. The number of carbonyl (C=O) groups excluding carboxylic acids is 1. The Bertz CT molecular complexity index is 1140. The number of rotatable bonds is 5. The fourth-order valence-electron chi connectivity index (χ4n) is 4.46. The van der Waals surface area contributed by atoms with Gasteiger partial charge in [-0.05, 0) is 49.7 Å². The second-order valence-electron chi connectivity index (χ2n) is 8.46. The third-order valence-electron chi connectivity index (χ3n) is 5.99. The molecule has 3 aliphatic heterocycles. The van der Waals surface area contributed by atoms with Gasteiger partial charge in [-0.1, -0.05) is 11.6 Å². The van der Waals surface area contributed by atoms with Crippen molar-refractivity contribution in [1.82, 2.24) is 4.90 Å². The highest BCUT2D eigenvalue weighted by atomic mass is 35.5. The smallest absolute Gasteiger partial charge is 0.257 e. The fourth-order valence-corrected chi connectivity index (χ4v) is 4.68. The van der Waals surface area contributed by atoms with Gasteiger partial charge in [0.2, 0.25) is 0 Å². The molecule has 0 spiro atoms. The van der Waals surface area contributed by atoms with Gasteiger partial charge >= 0.3 is 0 Å². The molecule has 164 valence electrons. The minimum atomic E-state index is -1.66. The standard InChI is InChI=1S/C23H21ClFN5O2/c1-23(32,22(31)28-16-4-3-15(10-27)19(24)7-16)13-29-11-17-8-18(12-29)30(17)21-5-2-14(9-26)6-20(21)25/h2-7,17-18,32H,8,11-13H2,1H3,(H,28,31)/t17?,18?,23-/m0/s1. The molecular formula is C23H21ClFN5O2. The molecule has 2 bridgehead atoms. The molecule has 3 atom stereocenters. The largest absolute Gasteiger partial charge is 0.379 e. The minimum absolute atomic E-state index is 0.0763. The molecule has 3 aliphatic rings. The Balaban J connectivity index is 1.38. The van der Waals surface area contributed by atoms with Crippen LogP contribution < -0.4 is 10.2 Å². The van der Waals surface area contributed by atoms with Gasteiger partial charge in [-0.2, -0.15) is 10.5 Å². The molecular weight excluding hydrogens is 433 g/mol. The summed E-state index contributed by atoms with van der Waals surface area (Å²) < 4.78 is 14.4. The average Bonchev–Trinajstić information content (AvgIpc) is 2.74. The van der Waals surface area contributed by atoms with Gasteiger partial charge in [-0.15, -0.1) is 0 Å². The Morgan fingerprint density at radius 1 is 1.25 bits per heavy atom. The van der Waals surface area contributed by atoms with Crippen LogP contribution in [0.3, 0.4) is 0 Å². The molecule has 2 unspecified atom stereocenters. The summed E-state index contributed by atoms with van der Waals surface area (Å²) in [5, 5.41) is 31.6. The van der Waals surface area contributed by atoms with E-state index < -0.39 is 17.3 Å². The number of hydrogen-bond donors (Lipinski definition) is 2. The molecule has 3 fully saturated rings. The summed E-state index contributed by atoms with van der Waals surface area (Å²) in [5.41, 5.74) is -0.207. The molecule has 0 radical (unpaired) electrons. The molecule has 2 aromatic carbocycles. The van der Waals surface area contributed by atoms with Crippen molar-refractivity contribution in [3.05, 3.63) is 58.4 Å². The Morgan fingerprint density at radius 3 is 2.56 bits per heavy atom. The third-order valence-corrected chi connectivity index (χ3v) is 6.30. The number of anilines is 2. The van der Waals surface area contributed by atoms with Gasteiger partial charge in [0, 0.05) is 37.4 Å². The molecule has 2 N–H and O–H groups in total. The molecule has 2 aromatic rings. The zero-order chi connectivity index (χ0) is 23.0. The summed E-state index contributed by atoms with van der Waals surface area (Å²) in [7, 11) is 0. The number of piperidine rings is 1. The van der Waals surface area contributed by atoms with E-state index in [1.165, 1.54) is 25.1 Å². The predicted molar refractivity (Wildman–Crippen MR) is 118 cm³/mol. The number of nitrogens with one attached hydrogen (secondary N) is 1. The topological polar surface area (TPSA) is 103 Å². The maximum absolute atomic E-state index is 14.4. The van der Waals surface area contributed by atoms with Gasteiger partial charge in [0.1, 0.15) is 11.9 Å². The SMILES string of the molecule is C[C@](O)(CN1CC2CC(C1)N2c1ccc(C#N)cc1F)C(=O)Nc1ccc(C#N)c(Cl)c1. The summed E-state index contributed by atoms with van der Waals surface area (Å²) in [4.78, 5) is 16.7. The highest BCUT2D eigenvalue weighted by Gasteiger charge is 2.47. The second kappa shape index (κ2) is 8.40. The van der Waals surface area contributed by atoms with Crippen LogP contribution in [-0.2, 0) is 4.79 Å². The highest BCUT2D eigenvalue weighted by molar-refractivity contribution is 6.32. The molecule has 0 saturated carbocycles.